The Balaban J connectivity index is 1.62. The molecule has 0 spiro atoms. The van der Waals surface area contributed by atoms with Crippen molar-refractivity contribution in [1.29, 1.82) is 0 Å². The second-order valence-electron chi connectivity index (χ2n) is 7.90. The molecule has 2 amide bonds. The number of amides is 2. The lowest BCUT2D eigenvalue weighted by Gasteiger charge is -2.17. The van der Waals surface area contributed by atoms with Crippen molar-refractivity contribution in [3.05, 3.63) is 96.2 Å². The summed E-state index contributed by atoms with van der Waals surface area (Å²) in [5.41, 5.74) is 4.52. The van der Waals surface area contributed by atoms with E-state index >= 15 is 0 Å². The summed E-state index contributed by atoms with van der Waals surface area (Å²) in [7, 11) is 1.63. The summed E-state index contributed by atoms with van der Waals surface area (Å²) in [5, 5.41) is 7.66. The fourth-order valence-electron chi connectivity index (χ4n) is 3.71. The Bertz CT molecular complexity index is 1320. The molecule has 0 aliphatic heterocycles. The molecule has 7 heteroatoms. The maximum Gasteiger partial charge on any atom is 0.257 e. The van der Waals surface area contributed by atoms with E-state index in [1.807, 2.05) is 92.0 Å². The van der Waals surface area contributed by atoms with Crippen LogP contribution in [0.4, 0.5) is 5.69 Å². The summed E-state index contributed by atoms with van der Waals surface area (Å²) in [6.45, 7) is 1.91. The van der Waals surface area contributed by atoms with Crippen molar-refractivity contribution in [2.75, 3.05) is 25.2 Å². The molecule has 0 saturated carbocycles. The lowest BCUT2D eigenvalue weighted by molar-refractivity contribution is -0.116. The predicted molar refractivity (Wildman–Crippen MR) is 138 cm³/mol. The summed E-state index contributed by atoms with van der Waals surface area (Å²) in [6, 6.07) is 25.1. The number of thioether (sulfide) groups is 1. The number of nitrogens with one attached hydrogen (secondary N) is 1. The molecule has 4 rings (SSSR count). The highest BCUT2D eigenvalue weighted by molar-refractivity contribution is 7.98. The van der Waals surface area contributed by atoms with E-state index in [1.54, 1.807) is 29.7 Å². The second-order valence-corrected chi connectivity index (χ2v) is 8.74. The zero-order chi connectivity index (χ0) is 24.1. The average Bonchev–Trinajstić information content (AvgIpc) is 3.30. The molecule has 6 nitrogen and oxygen atoms in total. The minimum Gasteiger partial charge on any atom is -0.332 e. The third-order valence-corrected chi connectivity index (χ3v) is 6.27. The number of hydrogen-bond donors (Lipinski definition) is 1. The van der Waals surface area contributed by atoms with Crippen molar-refractivity contribution in [1.82, 2.24) is 14.7 Å². The number of aryl methyl sites for hydroxylation is 1. The molecule has 0 atom stereocenters. The smallest absolute Gasteiger partial charge is 0.257 e. The number of aromatic nitrogens is 2. The van der Waals surface area contributed by atoms with Crippen molar-refractivity contribution in [3.8, 4) is 16.9 Å². The maximum absolute atomic E-state index is 13.5. The Morgan fingerprint density at radius 3 is 2.38 bits per heavy atom. The highest BCUT2D eigenvalue weighted by atomic mass is 32.2. The molecule has 0 fully saturated rings. The third kappa shape index (κ3) is 5.05. The van der Waals surface area contributed by atoms with Gasteiger partial charge in [0.1, 0.15) is 5.69 Å². The normalized spacial score (nSPS) is 10.7. The van der Waals surface area contributed by atoms with Crippen LogP contribution in [0.2, 0.25) is 0 Å². The molecule has 0 radical (unpaired) electrons. The number of para-hydroxylation sites is 2. The molecule has 0 bridgehead atoms. The van der Waals surface area contributed by atoms with E-state index in [0.717, 1.165) is 27.4 Å². The van der Waals surface area contributed by atoms with Gasteiger partial charge in [-0.3, -0.25) is 9.59 Å². The highest BCUT2D eigenvalue weighted by Crippen LogP contribution is 2.28. The average molecular weight is 471 g/mol. The quantitative estimate of drug-likeness (QED) is 0.373. The number of hydrogen-bond acceptors (Lipinski definition) is 4. The van der Waals surface area contributed by atoms with Crippen molar-refractivity contribution in [2.24, 2.45) is 0 Å². The number of carbonyl (C=O) groups is 2. The third-order valence-electron chi connectivity index (χ3n) is 5.47. The lowest BCUT2D eigenvalue weighted by Crippen LogP contribution is -2.35. The topological polar surface area (TPSA) is 67.2 Å². The van der Waals surface area contributed by atoms with Gasteiger partial charge in [0.2, 0.25) is 5.91 Å². The van der Waals surface area contributed by atoms with Gasteiger partial charge in [-0.1, -0.05) is 54.6 Å². The molecule has 34 heavy (non-hydrogen) atoms. The number of rotatable bonds is 7. The van der Waals surface area contributed by atoms with E-state index < -0.39 is 0 Å². The Morgan fingerprint density at radius 2 is 1.65 bits per heavy atom. The lowest BCUT2D eigenvalue weighted by atomic mass is 10.0. The highest BCUT2D eigenvalue weighted by Gasteiger charge is 2.24. The van der Waals surface area contributed by atoms with Crippen molar-refractivity contribution >= 4 is 29.3 Å². The first-order chi connectivity index (χ1) is 16.5. The zero-order valence-electron chi connectivity index (χ0n) is 19.4. The summed E-state index contributed by atoms with van der Waals surface area (Å²) < 4.78 is 1.71. The molecule has 1 heterocycles. The number of likely N-dealkylation sites (N-methyl/N-ethyl adjacent to an activating group) is 1. The number of carbonyl (C=O) groups excluding carboxylic acids is 2. The van der Waals surface area contributed by atoms with Crippen molar-refractivity contribution in [3.63, 3.8) is 0 Å². The molecule has 1 aromatic heterocycles. The van der Waals surface area contributed by atoms with Gasteiger partial charge in [-0.2, -0.15) is 5.10 Å². The van der Waals surface area contributed by atoms with E-state index in [0.29, 0.717) is 11.3 Å². The molecule has 0 aliphatic rings. The molecule has 0 aliphatic carbocycles. The molecular weight excluding hydrogens is 444 g/mol. The van der Waals surface area contributed by atoms with Gasteiger partial charge in [-0.05, 0) is 43.0 Å². The minimum absolute atomic E-state index is 0.0781. The van der Waals surface area contributed by atoms with Crippen molar-refractivity contribution in [2.45, 2.75) is 11.8 Å². The van der Waals surface area contributed by atoms with Crippen LogP contribution in [0.3, 0.4) is 0 Å². The van der Waals surface area contributed by atoms with E-state index in [9.17, 15) is 9.59 Å². The Morgan fingerprint density at radius 1 is 0.971 bits per heavy atom. The van der Waals surface area contributed by atoms with E-state index in [-0.39, 0.29) is 18.4 Å². The van der Waals surface area contributed by atoms with Crippen LogP contribution in [0.1, 0.15) is 15.9 Å². The molecule has 0 unspecified atom stereocenters. The zero-order valence-corrected chi connectivity index (χ0v) is 20.2. The first-order valence-corrected chi connectivity index (χ1v) is 12.1. The largest absolute Gasteiger partial charge is 0.332 e. The summed E-state index contributed by atoms with van der Waals surface area (Å²) in [6.07, 6.45) is 3.69. The van der Waals surface area contributed by atoms with Crippen LogP contribution in [-0.2, 0) is 4.79 Å². The van der Waals surface area contributed by atoms with Gasteiger partial charge in [-0.25, -0.2) is 4.68 Å². The van der Waals surface area contributed by atoms with Gasteiger partial charge in [-0.15, -0.1) is 11.8 Å². The minimum atomic E-state index is -0.270. The number of nitrogens with zero attached hydrogens (tertiary/aromatic N) is 3. The summed E-state index contributed by atoms with van der Waals surface area (Å²) >= 11 is 1.55. The Kier molecular flexibility index (Phi) is 7.13. The van der Waals surface area contributed by atoms with Gasteiger partial charge >= 0.3 is 0 Å². The van der Waals surface area contributed by atoms with E-state index in [1.165, 1.54) is 4.90 Å². The molecule has 4 aromatic rings. The molecule has 1 N–H and O–H groups in total. The van der Waals surface area contributed by atoms with Gasteiger partial charge in [0, 0.05) is 23.7 Å². The first kappa shape index (κ1) is 23.3. The summed E-state index contributed by atoms with van der Waals surface area (Å²) in [4.78, 5) is 28.6. The van der Waals surface area contributed by atoms with Gasteiger partial charge in [0.25, 0.3) is 5.91 Å². The summed E-state index contributed by atoms with van der Waals surface area (Å²) in [5.74, 6) is -0.529. The van der Waals surface area contributed by atoms with Crippen LogP contribution in [0.5, 0.6) is 0 Å². The van der Waals surface area contributed by atoms with Crippen LogP contribution in [0.25, 0.3) is 16.9 Å². The number of benzene rings is 3. The second kappa shape index (κ2) is 10.4. The molecule has 3 aromatic carbocycles. The van der Waals surface area contributed by atoms with Gasteiger partial charge in [0.05, 0.1) is 23.5 Å². The standard InChI is InChI=1S/C27H26N4O2S/c1-19-11-7-8-14-21(19)26-22(17-31(29-26)20-12-5-4-6-13-20)27(33)30(2)18-25(32)28-23-15-9-10-16-24(23)34-3/h4-17H,18H2,1-3H3,(H,28,32). The van der Waals surface area contributed by atoms with Crippen LogP contribution in [0, 0.1) is 6.92 Å². The molecule has 172 valence electrons. The maximum atomic E-state index is 13.5. The fraction of sp³-hybridized carbons (Fsp3) is 0.148. The predicted octanol–water partition coefficient (Wildman–Crippen LogP) is 5.28. The van der Waals surface area contributed by atoms with Gasteiger partial charge in [0.15, 0.2) is 0 Å². The van der Waals surface area contributed by atoms with Crippen LogP contribution in [0.15, 0.2) is 90.0 Å². The van der Waals surface area contributed by atoms with Gasteiger partial charge < -0.3 is 10.2 Å². The fourth-order valence-corrected chi connectivity index (χ4v) is 4.27. The van der Waals surface area contributed by atoms with E-state index in [4.69, 9.17) is 5.10 Å². The van der Waals surface area contributed by atoms with Crippen molar-refractivity contribution < 1.29 is 9.59 Å². The van der Waals surface area contributed by atoms with Crippen LogP contribution >= 0.6 is 11.8 Å². The Labute approximate surface area is 203 Å². The monoisotopic (exact) mass is 470 g/mol. The molecular formula is C27H26N4O2S. The number of anilines is 1. The molecule has 0 saturated heterocycles. The van der Waals surface area contributed by atoms with E-state index in [2.05, 4.69) is 5.32 Å². The SMILES string of the molecule is CSc1ccccc1NC(=O)CN(C)C(=O)c1cn(-c2ccccc2)nc1-c1ccccc1C. The van der Waals surface area contributed by atoms with Crippen LogP contribution < -0.4 is 5.32 Å². The Hall–Kier alpha value is -3.84. The van der Waals surface area contributed by atoms with Crippen LogP contribution in [-0.4, -0.2) is 46.3 Å². The first-order valence-electron chi connectivity index (χ1n) is 10.9.